The molecule has 0 fully saturated rings. The van der Waals surface area contributed by atoms with Crippen LogP contribution in [0.4, 0.5) is 34.1 Å². The van der Waals surface area contributed by atoms with Crippen LogP contribution in [0.15, 0.2) is 475 Å². The van der Waals surface area contributed by atoms with Crippen LogP contribution in [-0.2, 0) is 80.4 Å². The van der Waals surface area contributed by atoms with Crippen molar-refractivity contribution in [3.05, 3.63) is 561 Å². The maximum Gasteiger partial charge on any atom is 3.00 e. The normalized spacial score (nSPS) is 12.4. The minimum atomic E-state index is -2.47. The minimum Gasteiger partial charge on any atom is -0.510 e. The van der Waals surface area contributed by atoms with E-state index in [4.69, 9.17) is 9.97 Å². The minimum absolute atomic E-state index is 0. The zero-order valence-corrected chi connectivity index (χ0v) is 94.1. The number of para-hydroxylation sites is 13. The summed E-state index contributed by atoms with van der Waals surface area (Å²) >= 11 is 0. The molecule has 22 aromatic rings. The van der Waals surface area contributed by atoms with Crippen LogP contribution in [0.25, 0.3) is 88.7 Å². The molecule has 0 saturated heterocycles. The summed E-state index contributed by atoms with van der Waals surface area (Å²) in [6.45, 7) is 17.1. The molecule has 26 rings (SSSR count). The molecule has 4 aliphatic rings. The Labute approximate surface area is 930 Å². The van der Waals surface area contributed by atoms with Gasteiger partial charge in [0.15, 0.2) is 8.07 Å². The van der Waals surface area contributed by atoms with E-state index >= 15 is 0 Å². The van der Waals surface area contributed by atoms with Crippen LogP contribution in [0, 0.1) is 75.2 Å². The van der Waals surface area contributed by atoms with Crippen molar-refractivity contribution in [3.8, 4) is 23.1 Å². The molecule has 149 heavy (non-hydrogen) atoms. The van der Waals surface area contributed by atoms with Crippen molar-refractivity contribution in [3.63, 3.8) is 0 Å². The standard InChI is InChI=1S/C27H26N3.C23H18NSi.2C17H11N2.C14H12N2.3C10H10N2.4Ir/c1-18(2)20-12-9-13-21(19(3)4)26(20)29-17-16-28-27(29)30-24-14-7-5-10-22(24)23-11-6-8-15-25(23)30;1-4-12-20(13-5-1)25(21-14-6-2-7-15-21,22-16-8-3-9-17-22)23-18-10-11-19-24-23;1-3-9-15-13(7-1)14-8-2-4-10-16(14)19(15)17-11-5-6-12-18-17;1-2-7-13(8-3-1)19-16-11-5-4-9-14(16)15-10-6-12-18-17(15)19;1-15-11-16(12-7-3-2-4-8-12)14-10-6-5-9-13(14)15;3*1-11-7-8-12(9-11)10-5-3-2-4-6-10;;;;/h5-14,16-19H,1-4H3;1-16,18-19H;1-9,11-12H;1-7,9-12H;2-7,9-11H,1H3;3*2-5,7-9H,1H3;;;;/q4*-1;4*-2;4*+3. The molecule has 15 aromatic carbocycles. The first kappa shape index (κ1) is 108. The third-order valence-corrected chi connectivity index (χ3v) is 29.8. The van der Waals surface area contributed by atoms with Crippen molar-refractivity contribution in [2.24, 2.45) is 0 Å². The van der Waals surface area contributed by atoms with Gasteiger partial charge in [0, 0.05) is 69.5 Å². The molecule has 0 aliphatic carbocycles. The molecule has 0 N–H and O–H groups in total. The molecule has 740 valence electrons. The van der Waals surface area contributed by atoms with E-state index in [1.807, 2.05) is 302 Å². The molecule has 0 bridgehead atoms. The molecule has 0 saturated carbocycles. The van der Waals surface area contributed by atoms with Gasteiger partial charge in [-0.25, -0.2) is 15.0 Å². The Morgan fingerprint density at radius 3 is 1.13 bits per heavy atom. The fourth-order valence-corrected chi connectivity index (χ4v) is 23.0. The van der Waals surface area contributed by atoms with Gasteiger partial charge in [0.1, 0.15) is 11.5 Å². The second-order valence-electron chi connectivity index (χ2n) is 35.4. The summed E-state index contributed by atoms with van der Waals surface area (Å²) in [6, 6.07) is 165. The van der Waals surface area contributed by atoms with Gasteiger partial charge in [0.2, 0.25) is 5.95 Å². The average molecular weight is 2670 g/mol. The van der Waals surface area contributed by atoms with Gasteiger partial charge < -0.3 is 52.9 Å². The average Bonchev–Trinajstić information content (AvgIpc) is 1.60. The number of rotatable bonds is 14. The molecular weight excluding hydrogens is 2560 g/mol. The monoisotopic (exact) mass is 2670 g/mol. The van der Waals surface area contributed by atoms with E-state index in [0.29, 0.717) is 11.8 Å². The summed E-state index contributed by atoms with van der Waals surface area (Å²) in [6.07, 6.45) is 21.6. The Morgan fingerprint density at radius 2 is 0.678 bits per heavy atom. The number of benzene rings is 15. The largest absolute Gasteiger partial charge is 3.00 e. The molecule has 0 unspecified atom stereocenters. The number of hydrogen-bond acceptors (Lipinski definition) is 12. The van der Waals surface area contributed by atoms with Gasteiger partial charge in [-0.2, -0.15) is 256 Å². The summed E-state index contributed by atoms with van der Waals surface area (Å²) in [4.78, 5) is 35.0. The van der Waals surface area contributed by atoms with Crippen LogP contribution in [0.5, 0.6) is 0 Å². The summed E-state index contributed by atoms with van der Waals surface area (Å²) in [5, 5.41) is 12.3. The van der Waals surface area contributed by atoms with Crippen LogP contribution in [0.3, 0.4) is 0 Å². The predicted octanol–water partition coefficient (Wildman–Crippen LogP) is 25.9. The van der Waals surface area contributed by atoms with Crippen LogP contribution in [0.1, 0.15) is 50.7 Å². The third-order valence-electron chi connectivity index (χ3n) is 25.2. The van der Waals surface area contributed by atoms with Crippen molar-refractivity contribution in [2.75, 3.05) is 52.7 Å². The van der Waals surface area contributed by atoms with E-state index in [-0.39, 0.29) is 80.4 Å². The van der Waals surface area contributed by atoms with Crippen molar-refractivity contribution in [1.29, 1.82) is 0 Å². The number of hydrogen-bond donors (Lipinski definition) is 0. The smallest absolute Gasteiger partial charge is 0.510 e. The van der Waals surface area contributed by atoms with E-state index in [1.54, 1.807) is 0 Å². The van der Waals surface area contributed by atoms with Crippen molar-refractivity contribution < 1.29 is 80.4 Å². The van der Waals surface area contributed by atoms with Crippen molar-refractivity contribution in [2.45, 2.75) is 39.5 Å². The maximum absolute atomic E-state index is 4.84. The third kappa shape index (κ3) is 24.5. The predicted molar refractivity (Wildman–Crippen MR) is 600 cm³/mol. The van der Waals surface area contributed by atoms with Gasteiger partial charge in [-0.1, -0.05) is 202 Å². The fourth-order valence-electron chi connectivity index (χ4n) is 18.5. The number of nitrogens with zero attached hydrogens (tertiary/aromatic N) is 16. The van der Waals surface area contributed by atoms with Gasteiger partial charge in [-0.05, 0) is 176 Å². The van der Waals surface area contributed by atoms with Gasteiger partial charge in [-0.3, -0.25) is 9.55 Å². The maximum atomic E-state index is 4.84. The van der Waals surface area contributed by atoms with Crippen LogP contribution >= 0.6 is 0 Å². The quantitative estimate of drug-likeness (QED) is 0.0589. The topological polar surface area (TPSA) is 97.2 Å². The van der Waals surface area contributed by atoms with Crippen molar-refractivity contribution >= 4 is 129 Å². The van der Waals surface area contributed by atoms with Gasteiger partial charge >= 0.3 is 80.4 Å². The molecule has 0 atom stereocenters. The van der Waals surface area contributed by atoms with Crippen LogP contribution in [0.2, 0.25) is 0 Å². The van der Waals surface area contributed by atoms with Crippen molar-refractivity contribution in [1.82, 2.24) is 52.9 Å². The second-order valence-corrected chi connectivity index (χ2v) is 39.1. The Morgan fingerprint density at radius 1 is 0.282 bits per heavy atom. The summed E-state index contributed by atoms with van der Waals surface area (Å²) in [5.74, 6) is 2.66. The van der Waals surface area contributed by atoms with E-state index in [1.165, 1.54) is 87.1 Å². The fraction of sp³-hybridized carbons (Fsp3) is 0.0781. The summed E-state index contributed by atoms with van der Waals surface area (Å²) in [5.41, 5.74) is 18.2. The van der Waals surface area contributed by atoms with E-state index in [9.17, 15) is 0 Å². The first-order valence-corrected chi connectivity index (χ1v) is 50.5. The van der Waals surface area contributed by atoms with E-state index in [2.05, 4.69) is 371 Å². The molecule has 0 amide bonds. The first-order valence-electron chi connectivity index (χ1n) is 48.5. The Kier molecular flexibility index (Phi) is 37.6. The number of aromatic nitrogens is 8. The number of anilines is 6. The Bertz CT molecular complexity index is 7430. The molecule has 4 aliphatic heterocycles. The van der Waals surface area contributed by atoms with Gasteiger partial charge in [0.25, 0.3) is 0 Å². The number of imidazole rings is 1. The second kappa shape index (κ2) is 51.9. The molecular formula is C128H108Ir4N16Si. The van der Waals surface area contributed by atoms with Gasteiger partial charge in [0.05, 0.1) is 11.2 Å². The SMILES string of the molecule is CC(C)c1cccc(C(C)C)c1-n1ccnc1-n1c2[c-]cccc2c2ccccc21.CN1C=CN(c2[c-]cccc2)[CH-]1.CN1C=CN(c2[c-]cccc2)[CH-]1.CN1C=CN(c2[c-]cccc2)[CH-]1.CN1[CH-]N(c2[c-]cccc2)c2ccccc21.[Ir+3].[Ir+3].[Ir+3].[Ir+3].[c-]1cccc2c3ccccc3n(-c3ccccn3)c12.[c-]1ccccc1-n1c2ccccc2c2cccnc21.[c-]1ccccc1[Si](c1ccccc1)(c1ccccc1)c1ccccn1. The van der Waals surface area contributed by atoms with E-state index in [0.717, 1.165) is 67.7 Å². The molecule has 16 nitrogen and oxygen atoms in total. The molecule has 21 heteroatoms. The first-order chi connectivity index (χ1) is 71.3. The van der Waals surface area contributed by atoms with Gasteiger partial charge in [-0.15, -0.1) is 39.6 Å². The Hall–Kier alpha value is -15.2. The zero-order valence-electron chi connectivity index (χ0n) is 83.5. The number of fused-ring (bicyclic) bond motifs is 10. The summed E-state index contributed by atoms with van der Waals surface area (Å²) < 4.78 is 8.82. The summed E-state index contributed by atoms with van der Waals surface area (Å²) in [7, 11) is 5.59. The molecule has 0 spiro atoms. The van der Waals surface area contributed by atoms with E-state index < -0.39 is 8.07 Å². The zero-order chi connectivity index (χ0) is 99.2. The van der Waals surface area contributed by atoms with Crippen LogP contribution < -0.4 is 45.4 Å². The van der Waals surface area contributed by atoms with Crippen LogP contribution in [-0.4, -0.2) is 89.2 Å². The molecule has 7 aromatic heterocycles. The number of pyridine rings is 3. The molecule has 0 radical (unpaired) electrons. The molecule has 11 heterocycles. The Balaban J connectivity index is 0.000000129.